The van der Waals surface area contributed by atoms with Gasteiger partial charge in [0.15, 0.2) is 0 Å². The molecule has 0 atom stereocenters. The van der Waals surface area contributed by atoms with Gasteiger partial charge in [-0.3, -0.25) is 0 Å². The van der Waals surface area contributed by atoms with Crippen molar-refractivity contribution in [3.63, 3.8) is 0 Å². The van der Waals surface area contributed by atoms with Crippen molar-refractivity contribution in [3.05, 3.63) is 35.1 Å². The number of benzene rings is 1. The zero-order valence-corrected chi connectivity index (χ0v) is 10.5. The highest BCUT2D eigenvalue weighted by Crippen LogP contribution is 2.21. The van der Waals surface area contributed by atoms with Gasteiger partial charge in [0, 0.05) is 5.56 Å². The molecule has 0 aromatic heterocycles. The summed E-state index contributed by atoms with van der Waals surface area (Å²) in [5.74, 6) is -0.410. The molecule has 0 unspecified atom stereocenters. The molecule has 1 fully saturated rings. The zero-order valence-electron chi connectivity index (χ0n) is 10.5. The zero-order chi connectivity index (χ0) is 13.7. The number of halogens is 1. The van der Waals surface area contributed by atoms with Crippen LogP contribution in [0.4, 0.5) is 4.39 Å². The van der Waals surface area contributed by atoms with Crippen LogP contribution in [0.2, 0.25) is 0 Å². The van der Waals surface area contributed by atoms with Crippen molar-refractivity contribution in [2.45, 2.75) is 38.4 Å². The summed E-state index contributed by atoms with van der Waals surface area (Å²) < 4.78 is 19.3. The van der Waals surface area contributed by atoms with Crippen LogP contribution >= 0.6 is 0 Å². The fourth-order valence-corrected chi connectivity index (χ4v) is 2.13. The lowest BCUT2D eigenvalue weighted by Gasteiger charge is -2.22. The van der Waals surface area contributed by atoms with Crippen molar-refractivity contribution in [1.82, 2.24) is 0 Å². The van der Waals surface area contributed by atoms with E-state index < -0.39 is 5.82 Å². The van der Waals surface area contributed by atoms with Crippen molar-refractivity contribution in [2.24, 2.45) is 5.16 Å². The van der Waals surface area contributed by atoms with Gasteiger partial charge in [-0.15, -0.1) is 0 Å². The van der Waals surface area contributed by atoms with E-state index in [1.807, 2.05) is 6.07 Å². The minimum Gasteiger partial charge on any atom is -0.411 e. The Morgan fingerprint density at radius 2 is 2.16 bits per heavy atom. The van der Waals surface area contributed by atoms with Gasteiger partial charge < -0.3 is 9.94 Å². The summed E-state index contributed by atoms with van der Waals surface area (Å²) in [4.78, 5) is 0. The molecule has 1 aromatic rings. The van der Waals surface area contributed by atoms with Gasteiger partial charge >= 0.3 is 0 Å². The van der Waals surface area contributed by atoms with E-state index in [9.17, 15) is 4.39 Å². The molecule has 19 heavy (non-hydrogen) atoms. The number of nitrogens with zero attached hydrogens (tertiary/aromatic N) is 2. The van der Waals surface area contributed by atoms with Crippen LogP contribution in [0.25, 0.3) is 0 Å². The molecule has 5 heteroatoms. The Morgan fingerprint density at radius 1 is 1.42 bits per heavy atom. The van der Waals surface area contributed by atoms with Gasteiger partial charge in [-0.05, 0) is 37.8 Å². The quantitative estimate of drug-likeness (QED) is 0.672. The smallest absolute Gasteiger partial charge is 0.130 e. The number of ether oxygens (including phenoxy) is 1. The summed E-state index contributed by atoms with van der Waals surface area (Å²) in [6, 6.07) is 6.28. The Kier molecular flexibility index (Phi) is 4.48. The summed E-state index contributed by atoms with van der Waals surface area (Å²) in [5, 5.41) is 20.5. The number of oxime groups is 1. The normalized spacial score (nSPS) is 18.9. The molecule has 0 heterocycles. The molecule has 0 aliphatic heterocycles. The second kappa shape index (κ2) is 6.30. The molecule has 0 amide bonds. The number of hydrogen-bond donors (Lipinski definition) is 1. The lowest BCUT2D eigenvalue weighted by Crippen LogP contribution is -2.21. The highest BCUT2D eigenvalue weighted by Gasteiger charge is 2.18. The Labute approximate surface area is 111 Å². The van der Waals surface area contributed by atoms with Crippen molar-refractivity contribution in [2.75, 3.05) is 0 Å². The molecule has 2 rings (SSSR count). The molecule has 0 saturated heterocycles. The molecular formula is C14H15FN2O2. The van der Waals surface area contributed by atoms with Gasteiger partial charge in [0.05, 0.1) is 30.1 Å². The molecule has 4 nitrogen and oxygen atoms in total. The number of hydrogen-bond acceptors (Lipinski definition) is 4. The molecule has 100 valence electrons. The molecule has 1 aliphatic carbocycles. The van der Waals surface area contributed by atoms with Crippen molar-refractivity contribution >= 4 is 5.71 Å². The molecular weight excluding hydrogens is 247 g/mol. The van der Waals surface area contributed by atoms with Crippen LogP contribution in [-0.4, -0.2) is 17.0 Å². The lowest BCUT2D eigenvalue weighted by molar-refractivity contribution is 0.0263. The van der Waals surface area contributed by atoms with Crippen LogP contribution in [0.15, 0.2) is 23.4 Å². The van der Waals surface area contributed by atoms with Crippen LogP contribution in [0, 0.1) is 17.1 Å². The third kappa shape index (κ3) is 3.52. The summed E-state index contributed by atoms with van der Waals surface area (Å²) in [6.45, 7) is 0.202. The molecule has 1 aromatic carbocycles. The van der Waals surface area contributed by atoms with E-state index in [1.165, 1.54) is 6.07 Å². The minimum atomic E-state index is -0.410. The van der Waals surface area contributed by atoms with E-state index in [0.717, 1.165) is 31.4 Å². The average Bonchev–Trinajstić information content (AvgIpc) is 2.46. The van der Waals surface area contributed by atoms with Gasteiger partial charge in [-0.1, -0.05) is 11.2 Å². The Morgan fingerprint density at radius 3 is 2.74 bits per heavy atom. The van der Waals surface area contributed by atoms with Gasteiger partial charge in [0.1, 0.15) is 5.82 Å². The maximum Gasteiger partial charge on any atom is 0.130 e. The topological polar surface area (TPSA) is 65.6 Å². The van der Waals surface area contributed by atoms with E-state index >= 15 is 0 Å². The lowest BCUT2D eigenvalue weighted by atomic mass is 9.96. The third-order valence-electron chi connectivity index (χ3n) is 3.31. The second-order valence-electron chi connectivity index (χ2n) is 4.59. The summed E-state index contributed by atoms with van der Waals surface area (Å²) in [7, 11) is 0. The number of nitriles is 1. The fourth-order valence-electron chi connectivity index (χ4n) is 2.13. The second-order valence-corrected chi connectivity index (χ2v) is 4.59. The van der Waals surface area contributed by atoms with E-state index in [0.29, 0.717) is 11.1 Å². The summed E-state index contributed by atoms with van der Waals surface area (Å²) >= 11 is 0. The Hall–Kier alpha value is -1.93. The third-order valence-corrected chi connectivity index (χ3v) is 3.31. The van der Waals surface area contributed by atoms with Crippen LogP contribution in [0.5, 0.6) is 0 Å². The summed E-state index contributed by atoms with van der Waals surface area (Å²) in [5.41, 5.74) is 1.56. The molecule has 1 aliphatic rings. The Bertz CT molecular complexity index is 513. The predicted molar refractivity (Wildman–Crippen MR) is 67.4 cm³/mol. The van der Waals surface area contributed by atoms with Gasteiger partial charge in [-0.25, -0.2) is 4.39 Å². The maximum absolute atomic E-state index is 13.6. The first-order chi connectivity index (χ1) is 9.22. The van der Waals surface area contributed by atoms with Gasteiger partial charge in [-0.2, -0.15) is 5.26 Å². The van der Waals surface area contributed by atoms with Crippen molar-refractivity contribution in [3.8, 4) is 6.07 Å². The molecule has 0 radical (unpaired) electrons. The Balaban J connectivity index is 1.88. The molecule has 1 saturated carbocycles. The van der Waals surface area contributed by atoms with Crippen LogP contribution in [-0.2, 0) is 11.3 Å². The average molecular weight is 262 g/mol. The van der Waals surface area contributed by atoms with Crippen LogP contribution in [0.3, 0.4) is 0 Å². The first-order valence-corrected chi connectivity index (χ1v) is 6.23. The van der Waals surface area contributed by atoms with Crippen LogP contribution < -0.4 is 0 Å². The van der Waals surface area contributed by atoms with E-state index in [1.54, 1.807) is 12.1 Å². The van der Waals surface area contributed by atoms with Gasteiger partial charge in [0.2, 0.25) is 0 Å². The number of rotatable bonds is 3. The SMILES string of the molecule is N#Cc1ccc(COC2CCC(=NO)CC2)c(F)c1. The maximum atomic E-state index is 13.6. The van der Waals surface area contributed by atoms with Crippen molar-refractivity contribution in [1.29, 1.82) is 5.26 Å². The highest BCUT2D eigenvalue weighted by molar-refractivity contribution is 5.84. The fraction of sp³-hybridized carbons (Fsp3) is 0.429. The standard InChI is InChI=1S/C14H15FN2O2/c15-14-7-10(8-16)1-2-11(14)9-19-13-5-3-12(17-18)4-6-13/h1-2,7,13,18H,3-6,9H2. The van der Waals surface area contributed by atoms with E-state index in [-0.39, 0.29) is 12.7 Å². The predicted octanol–water partition coefficient (Wildman–Crippen LogP) is 2.99. The molecule has 0 bridgehead atoms. The van der Waals surface area contributed by atoms with Gasteiger partial charge in [0.25, 0.3) is 0 Å². The van der Waals surface area contributed by atoms with Crippen LogP contribution in [0.1, 0.15) is 36.8 Å². The largest absolute Gasteiger partial charge is 0.411 e. The highest BCUT2D eigenvalue weighted by atomic mass is 19.1. The summed E-state index contributed by atoms with van der Waals surface area (Å²) in [6.07, 6.45) is 3.09. The monoisotopic (exact) mass is 262 g/mol. The van der Waals surface area contributed by atoms with E-state index in [2.05, 4.69) is 5.16 Å². The first kappa shape index (κ1) is 13.5. The van der Waals surface area contributed by atoms with E-state index in [4.69, 9.17) is 15.2 Å². The molecule has 1 N–H and O–H groups in total. The van der Waals surface area contributed by atoms with Crippen molar-refractivity contribution < 1.29 is 14.3 Å². The first-order valence-electron chi connectivity index (χ1n) is 6.23. The molecule has 0 spiro atoms. The minimum absolute atomic E-state index is 0.0699.